The monoisotopic (exact) mass is 287 g/mol. The number of aliphatic carboxylic acids is 1. The van der Waals surface area contributed by atoms with Crippen LogP contribution in [0.2, 0.25) is 0 Å². The molecule has 2 aliphatic rings. The number of amides is 1. The zero-order valence-electron chi connectivity index (χ0n) is 12.7. The van der Waals surface area contributed by atoms with Crippen molar-refractivity contribution in [1.29, 1.82) is 0 Å². The van der Waals surface area contributed by atoms with Crippen molar-refractivity contribution >= 4 is 17.6 Å². The Morgan fingerprint density at radius 2 is 2.00 bits per heavy atom. The Morgan fingerprint density at radius 3 is 2.62 bits per heavy atom. The van der Waals surface area contributed by atoms with Crippen molar-refractivity contribution in [1.82, 2.24) is 0 Å². The van der Waals surface area contributed by atoms with Gasteiger partial charge in [0.1, 0.15) is 0 Å². The summed E-state index contributed by atoms with van der Waals surface area (Å²) in [7, 11) is 0. The summed E-state index contributed by atoms with van der Waals surface area (Å²) in [6, 6.07) is 6.09. The summed E-state index contributed by atoms with van der Waals surface area (Å²) in [4.78, 5) is 26.0. The molecule has 1 saturated carbocycles. The van der Waals surface area contributed by atoms with Gasteiger partial charge in [-0.25, -0.2) is 0 Å². The number of carboxylic acids is 1. The largest absolute Gasteiger partial charge is 0.481 e. The standard InChI is InChI=1S/C17H21NO3/c1-10-6-4-7-11-8-5-9-18(14(10)11)15(19)12-13(16(20)21)17(12,2)3/h4,6-7,12-13H,5,8-9H2,1-3H3,(H,20,21)/t12-,13+/m1/s1. The van der Waals surface area contributed by atoms with Crippen LogP contribution in [0.15, 0.2) is 18.2 Å². The predicted octanol–water partition coefficient (Wildman–Crippen LogP) is 2.63. The Morgan fingerprint density at radius 1 is 1.29 bits per heavy atom. The second-order valence-electron chi connectivity index (χ2n) is 6.79. The second kappa shape index (κ2) is 4.58. The van der Waals surface area contributed by atoms with E-state index >= 15 is 0 Å². The number of hydrogen-bond acceptors (Lipinski definition) is 2. The van der Waals surface area contributed by atoms with E-state index in [0.29, 0.717) is 6.54 Å². The summed E-state index contributed by atoms with van der Waals surface area (Å²) >= 11 is 0. The Labute approximate surface area is 124 Å². The van der Waals surface area contributed by atoms with Gasteiger partial charge >= 0.3 is 5.97 Å². The predicted molar refractivity (Wildman–Crippen MR) is 80.2 cm³/mol. The van der Waals surface area contributed by atoms with Crippen molar-refractivity contribution in [3.05, 3.63) is 29.3 Å². The first-order valence-corrected chi connectivity index (χ1v) is 7.48. The summed E-state index contributed by atoms with van der Waals surface area (Å²) in [6.45, 7) is 6.45. The van der Waals surface area contributed by atoms with Crippen LogP contribution in [0.5, 0.6) is 0 Å². The number of fused-ring (bicyclic) bond motifs is 1. The topological polar surface area (TPSA) is 57.6 Å². The van der Waals surface area contributed by atoms with E-state index in [1.54, 1.807) is 0 Å². The number of anilines is 1. The summed E-state index contributed by atoms with van der Waals surface area (Å²) in [5.41, 5.74) is 2.84. The van der Waals surface area contributed by atoms with E-state index in [9.17, 15) is 14.7 Å². The molecule has 1 aliphatic heterocycles. The van der Waals surface area contributed by atoms with E-state index in [1.807, 2.05) is 37.8 Å². The molecule has 1 N–H and O–H groups in total. The van der Waals surface area contributed by atoms with Gasteiger partial charge in [-0.05, 0) is 36.3 Å². The Bertz CT molecular complexity index is 620. The number of carboxylic acid groups (broad SMARTS) is 1. The lowest BCUT2D eigenvalue weighted by molar-refractivity contribution is -0.140. The molecule has 0 aromatic heterocycles. The maximum Gasteiger partial charge on any atom is 0.307 e. The number of rotatable bonds is 2. The normalized spacial score (nSPS) is 26.1. The lowest BCUT2D eigenvalue weighted by atomic mass is 9.97. The molecule has 1 amide bonds. The molecule has 2 atom stereocenters. The molecule has 112 valence electrons. The molecule has 4 heteroatoms. The van der Waals surface area contributed by atoms with Crippen molar-refractivity contribution in [3.8, 4) is 0 Å². The molecule has 0 saturated heterocycles. The number of aryl methyl sites for hydroxylation is 2. The van der Waals surface area contributed by atoms with Crippen LogP contribution in [0.25, 0.3) is 0 Å². The maximum atomic E-state index is 12.9. The van der Waals surface area contributed by atoms with Gasteiger partial charge in [-0.15, -0.1) is 0 Å². The van der Waals surface area contributed by atoms with Gasteiger partial charge < -0.3 is 10.0 Å². The summed E-state index contributed by atoms with van der Waals surface area (Å²) in [5.74, 6) is -1.84. The summed E-state index contributed by atoms with van der Waals surface area (Å²) in [5, 5.41) is 9.29. The first-order valence-electron chi connectivity index (χ1n) is 7.48. The molecule has 1 aromatic carbocycles. The number of hydrogen-bond donors (Lipinski definition) is 1. The van der Waals surface area contributed by atoms with Crippen LogP contribution in [-0.4, -0.2) is 23.5 Å². The second-order valence-corrected chi connectivity index (χ2v) is 6.79. The molecule has 0 unspecified atom stereocenters. The molecule has 3 rings (SSSR count). The van der Waals surface area contributed by atoms with E-state index in [-0.39, 0.29) is 5.91 Å². The van der Waals surface area contributed by atoms with Crippen molar-refractivity contribution in [2.45, 2.75) is 33.6 Å². The summed E-state index contributed by atoms with van der Waals surface area (Å²) in [6.07, 6.45) is 1.92. The molecule has 21 heavy (non-hydrogen) atoms. The quantitative estimate of drug-likeness (QED) is 0.909. The smallest absolute Gasteiger partial charge is 0.307 e. The van der Waals surface area contributed by atoms with Crippen LogP contribution >= 0.6 is 0 Å². The third-order valence-electron chi connectivity index (χ3n) is 5.04. The molecule has 4 nitrogen and oxygen atoms in total. The van der Waals surface area contributed by atoms with Crippen molar-refractivity contribution in [2.24, 2.45) is 17.3 Å². The van der Waals surface area contributed by atoms with Gasteiger partial charge in [-0.2, -0.15) is 0 Å². The van der Waals surface area contributed by atoms with Crippen LogP contribution in [0.4, 0.5) is 5.69 Å². The van der Waals surface area contributed by atoms with E-state index in [4.69, 9.17) is 0 Å². The highest BCUT2D eigenvalue weighted by atomic mass is 16.4. The molecule has 0 radical (unpaired) electrons. The first kappa shape index (κ1) is 14.1. The van der Waals surface area contributed by atoms with Crippen molar-refractivity contribution in [3.63, 3.8) is 0 Å². The summed E-state index contributed by atoms with van der Waals surface area (Å²) < 4.78 is 0. The Hall–Kier alpha value is -1.84. The van der Waals surface area contributed by atoms with Gasteiger partial charge in [-0.1, -0.05) is 32.0 Å². The van der Waals surface area contributed by atoms with Gasteiger partial charge in [0.05, 0.1) is 11.8 Å². The Balaban J connectivity index is 1.94. The maximum absolute atomic E-state index is 12.9. The fourth-order valence-corrected chi connectivity index (χ4v) is 3.79. The first-order chi connectivity index (χ1) is 9.85. The van der Waals surface area contributed by atoms with E-state index in [2.05, 4.69) is 6.07 Å². The average molecular weight is 287 g/mol. The molecular formula is C17H21NO3. The van der Waals surface area contributed by atoms with Crippen LogP contribution in [0, 0.1) is 24.2 Å². The van der Waals surface area contributed by atoms with E-state index in [0.717, 1.165) is 24.1 Å². The molecule has 0 bridgehead atoms. The Kier molecular flexibility index (Phi) is 3.08. The molecule has 1 aliphatic carbocycles. The molecule has 0 spiro atoms. The third kappa shape index (κ3) is 2.04. The van der Waals surface area contributed by atoms with Gasteiger partial charge in [0.2, 0.25) is 5.91 Å². The van der Waals surface area contributed by atoms with Gasteiger partial charge in [0.25, 0.3) is 0 Å². The number of carbonyl (C=O) groups is 2. The van der Waals surface area contributed by atoms with Gasteiger partial charge in [-0.3, -0.25) is 9.59 Å². The fourth-order valence-electron chi connectivity index (χ4n) is 3.79. The van der Waals surface area contributed by atoms with Crippen molar-refractivity contribution in [2.75, 3.05) is 11.4 Å². The van der Waals surface area contributed by atoms with Crippen molar-refractivity contribution < 1.29 is 14.7 Å². The SMILES string of the molecule is Cc1cccc2c1N(C(=O)[C@H]1[C@@H](C(=O)O)C1(C)C)CCC2. The molecule has 1 heterocycles. The minimum absolute atomic E-state index is 0.0253. The van der Waals surface area contributed by atoms with Crippen LogP contribution in [0.3, 0.4) is 0 Å². The van der Waals surface area contributed by atoms with E-state index in [1.165, 1.54) is 5.56 Å². The fraction of sp³-hybridized carbons (Fsp3) is 0.529. The number of nitrogens with zero attached hydrogens (tertiary/aromatic N) is 1. The van der Waals surface area contributed by atoms with Gasteiger partial charge in [0, 0.05) is 12.2 Å². The van der Waals surface area contributed by atoms with E-state index < -0.39 is 23.2 Å². The number of para-hydroxylation sites is 1. The van der Waals surface area contributed by atoms with Crippen LogP contribution in [-0.2, 0) is 16.0 Å². The average Bonchev–Trinajstić information content (AvgIpc) is 3.01. The lowest BCUT2D eigenvalue weighted by Gasteiger charge is -2.31. The zero-order chi connectivity index (χ0) is 15.4. The lowest BCUT2D eigenvalue weighted by Crippen LogP contribution is -2.38. The molecular weight excluding hydrogens is 266 g/mol. The van der Waals surface area contributed by atoms with Crippen LogP contribution < -0.4 is 4.90 Å². The zero-order valence-corrected chi connectivity index (χ0v) is 12.7. The number of benzene rings is 1. The molecule has 1 aromatic rings. The van der Waals surface area contributed by atoms with Gasteiger partial charge in [0.15, 0.2) is 0 Å². The number of carbonyl (C=O) groups excluding carboxylic acids is 1. The van der Waals surface area contributed by atoms with Crippen LogP contribution in [0.1, 0.15) is 31.4 Å². The minimum Gasteiger partial charge on any atom is -0.481 e. The third-order valence-corrected chi connectivity index (χ3v) is 5.04. The minimum atomic E-state index is -0.861. The highest BCUT2D eigenvalue weighted by Crippen LogP contribution is 2.59. The highest BCUT2D eigenvalue weighted by Gasteiger charge is 2.66. The highest BCUT2D eigenvalue weighted by molar-refractivity contribution is 6.02. The molecule has 1 fully saturated rings.